The fraction of sp³-hybridized carbons (Fsp3) is 0.385. The minimum absolute atomic E-state index is 0.0551. The molecule has 1 heterocycles. The maximum atomic E-state index is 11.7. The van der Waals surface area contributed by atoms with Gasteiger partial charge >= 0.3 is 5.97 Å². The molecule has 0 bridgehead atoms. The molecule has 0 radical (unpaired) electrons. The lowest BCUT2D eigenvalue weighted by molar-refractivity contribution is -0.130. The quantitative estimate of drug-likeness (QED) is 0.764. The Balaban J connectivity index is 1.94. The van der Waals surface area contributed by atoms with E-state index in [2.05, 4.69) is 10.6 Å². The van der Waals surface area contributed by atoms with E-state index in [0.717, 1.165) is 0 Å². The molecule has 2 rings (SSSR count). The number of ether oxygens (including phenoxy) is 1. The molecule has 1 aliphatic rings. The Bertz CT molecular complexity index is 543. The van der Waals surface area contributed by atoms with Gasteiger partial charge in [-0.15, -0.1) is 0 Å². The van der Waals surface area contributed by atoms with Crippen molar-refractivity contribution in [1.29, 1.82) is 0 Å². The number of rotatable bonds is 5. The Hall–Kier alpha value is -1.63. The molecule has 0 aromatic heterocycles. The van der Waals surface area contributed by atoms with Gasteiger partial charge in [-0.3, -0.25) is 4.79 Å². The van der Waals surface area contributed by atoms with E-state index in [1.165, 1.54) is 12.1 Å². The standard InChI is InChI=1S/C13H15ClN2O4/c1-13(6-15-7-13)20-5-11(17)16-8-2-3-10(14)9(4-8)12(18)19/h2-4,15H,5-7H2,1H3,(H,16,17)(H,18,19). The molecule has 1 aliphatic heterocycles. The average molecular weight is 299 g/mol. The first-order valence-electron chi connectivity index (χ1n) is 6.07. The van der Waals surface area contributed by atoms with Crippen LogP contribution in [0.2, 0.25) is 5.02 Å². The number of hydrogen-bond acceptors (Lipinski definition) is 4. The Morgan fingerprint density at radius 1 is 1.50 bits per heavy atom. The lowest BCUT2D eigenvalue weighted by Crippen LogP contribution is -2.59. The van der Waals surface area contributed by atoms with Crippen LogP contribution in [0.15, 0.2) is 18.2 Å². The zero-order chi connectivity index (χ0) is 14.8. The summed E-state index contributed by atoms with van der Waals surface area (Å²) in [6, 6.07) is 4.28. The minimum atomic E-state index is -1.14. The van der Waals surface area contributed by atoms with Crippen molar-refractivity contribution in [2.24, 2.45) is 0 Å². The molecule has 7 heteroatoms. The van der Waals surface area contributed by atoms with Gasteiger partial charge in [0.25, 0.3) is 0 Å². The number of aromatic carboxylic acids is 1. The molecule has 0 atom stereocenters. The lowest BCUT2D eigenvalue weighted by atomic mass is 10.0. The van der Waals surface area contributed by atoms with Crippen LogP contribution < -0.4 is 10.6 Å². The number of carboxylic acids is 1. The van der Waals surface area contributed by atoms with Crippen LogP contribution in [0.4, 0.5) is 5.69 Å². The van der Waals surface area contributed by atoms with E-state index in [0.29, 0.717) is 18.8 Å². The third kappa shape index (κ3) is 3.47. The summed E-state index contributed by atoms with van der Waals surface area (Å²) >= 11 is 5.75. The van der Waals surface area contributed by atoms with Crippen LogP contribution in [0.1, 0.15) is 17.3 Å². The predicted molar refractivity (Wildman–Crippen MR) is 74.3 cm³/mol. The lowest BCUT2D eigenvalue weighted by Gasteiger charge is -2.38. The van der Waals surface area contributed by atoms with Gasteiger partial charge in [0.1, 0.15) is 6.61 Å². The normalized spacial score (nSPS) is 16.3. The molecule has 108 valence electrons. The van der Waals surface area contributed by atoms with E-state index < -0.39 is 5.97 Å². The topological polar surface area (TPSA) is 87.7 Å². The second kappa shape index (κ2) is 5.78. The van der Waals surface area contributed by atoms with Crippen LogP contribution >= 0.6 is 11.6 Å². The van der Waals surface area contributed by atoms with Crippen LogP contribution in [0.25, 0.3) is 0 Å². The van der Waals surface area contributed by atoms with Crippen molar-refractivity contribution in [2.75, 3.05) is 25.0 Å². The number of nitrogens with one attached hydrogen (secondary N) is 2. The molecule has 6 nitrogen and oxygen atoms in total. The Morgan fingerprint density at radius 2 is 2.20 bits per heavy atom. The van der Waals surface area contributed by atoms with E-state index >= 15 is 0 Å². The number of benzene rings is 1. The SMILES string of the molecule is CC1(OCC(=O)Nc2ccc(Cl)c(C(=O)O)c2)CNC1. The predicted octanol–water partition coefficient (Wildman–Crippen LogP) is 1.36. The first kappa shape index (κ1) is 14.8. The van der Waals surface area contributed by atoms with Crippen LogP contribution in [-0.2, 0) is 9.53 Å². The van der Waals surface area contributed by atoms with Crippen molar-refractivity contribution in [3.8, 4) is 0 Å². The highest BCUT2D eigenvalue weighted by Gasteiger charge is 2.33. The van der Waals surface area contributed by atoms with Gasteiger partial charge in [0.05, 0.1) is 16.2 Å². The summed E-state index contributed by atoms with van der Waals surface area (Å²) in [5.41, 5.74) is 0.0154. The smallest absolute Gasteiger partial charge is 0.337 e. The van der Waals surface area contributed by atoms with Crippen molar-refractivity contribution in [3.63, 3.8) is 0 Å². The van der Waals surface area contributed by atoms with E-state index in [9.17, 15) is 9.59 Å². The number of carbonyl (C=O) groups excluding carboxylic acids is 1. The van der Waals surface area contributed by atoms with E-state index in [1.54, 1.807) is 6.07 Å². The van der Waals surface area contributed by atoms with Gasteiger partial charge in [0.2, 0.25) is 5.91 Å². The molecule has 1 saturated heterocycles. The summed E-state index contributed by atoms with van der Waals surface area (Å²) < 4.78 is 5.48. The Kier molecular flexibility index (Phi) is 4.27. The van der Waals surface area contributed by atoms with Crippen LogP contribution in [0, 0.1) is 0 Å². The molecule has 1 amide bonds. The second-order valence-electron chi connectivity index (χ2n) is 4.89. The van der Waals surface area contributed by atoms with Gasteiger partial charge < -0.3 is 20.5 Å². The summed E-state index contributed by atoms with van der Waals surface area (Å²) in [5, 5.41) is 14.7. The highest BCUT2D eigenvalue weighted by molar-refractivity contribution is 6.33. The minimum Gasteiger partial charge on any atom is -0.478 e. The van der Waals surface area contributed by atoms with Crippen LogP contribution in [0.3, 0.4) is 0 Å². The summed E-state index contributed by atoms with van der Waals surface area (Å²) in [7, 11) is 0. The van der Waals surface area contributed by atoms with Gasteiger partial charge in [-0.1, -0.05) is 11.6 Å². The first-order valence-corrected chi connectivity index (χ1v) is 6.45. The molecule has 1 aromatic carbocycles. The molecular weight excluding hydrogens is 284 g/mol. The van der Waals surface area contributed by atoms with Crippen molar-refractivity contribution in [1.82, 2.24) is 5.32 Å². The third-order valence-corrected chi connectivity index (χ3v) is 3.36. The summed E-state index contributed by atoms with van der Waals surface area (Å²) in [6.45, 7) is 3.26. The van der Waals surface area contributed by atoms with Crippen molar-refractivity contribution >= 4 is 29.2 Å². The molecule has 0 aliphatic carbocycles. The largest absolute Gasteiger partial charge is 0.478 e. The molecule has 0 unspecified atom stereocenters. The number of halogens is 1. The van der Waals surface area contributed by atoms with Crippen molar-refractivity contribution in [2.45, 2.75) is 12.5 Å². The molecular formula is C13H15ClN2O4. The zero-order valence-corrected chi connectivity index (χ0v) is 11.7. The van der Waals surface area contributed by atoms with Crippen molar-refractivity contribution in [3.05, 3.63) is 28.8 Å². The maximum Gasteiger partial charge on any atom is 0.337 e. The highest BCUT2D eigenvalue weighted by atomic mass is 35.5. The molecule has 1 aromatic rings. The fourth-order valence-corrected chi connectivity index (χ4v) is 1.98. The Morgan fingerprint density at radius 3 is 2.75 bits per heavy atom. The summed E-state index contributed by atoms with van der Waals surface area (Å²) in [5.74, 6) is -1.48. The number of amides is 1. The molecule has 1 fully saturated rings. The molecule has 20 heavy (non-hydrogen) atoms. The third-order valence-electron chi connectivity index (χ3n) is 3.03. The van der Waals surface area contributed by atoms with Crippen LogP contribution in [-0.4, -0.2) is 42.3 Å². The number of carbonyl (C=O) groups is 2. The van der Waals surface area contributed by atoms with Crippen LogP contribution in [0.5, 0.6) is 0 Å². The van der Waals surface area contributed by atoms with Gasteiger partial charge in [-0.2, -0.15) is 0 Å². The first-order chi connectivity index (χ1) is 9.39. The maximum absolute atomic E-state index is 11.7. The van der Waals surface area contributed by atoms with Crippen molar-refractivity contribution < 1.29 is 19.4 Å². The number of anilines is 1. The highest BCUT2D eigenvalue weighted by Crippen LogP contribution is 2.21. The van der Waals surface area contributed by atoms with Gasteiger partial charge in [-0.05, 0) is 25.1 Å². The van der Waals surface area contributed by atoms with Gasteiger partial charge in [-0.25, -0.2) is 4.79 Å². The van der Waals surface area contributed by atoms with E-state index in [4.69, 9.17) is 21.4 Å². The Labute approximate surface area is 121 Å². The zero-order valence-electron chi connectivity index (χ0n) is 10.9. The van der Waals surface area contributed by atoms with E-state index in [-0.39, 0.29) is 28.7 Å². The monoisotopic (exact) mass is 298 g/mol. The molecule has 0 spiro atoms. The van der Waals surface area contributed by atoms with Gasteiger partial charge in [0, 0.05) is 18.8 Å². The summed E-state index contributed by atoms with van der Waals surface area (Å²) in [4.78, 5) is 22.7. The average Bonchev–Trinajstić information content (AvgIpc) is 2.36. The number of carboxylic acid groups (broad SMARTS) is 1. The fourth-order valence-electron chi connectivity index (χ4n) is 1.78. The molecule has 3 N–H and O–H groups in total. The summed E-state index contributed by atoms with van der Waals surface area (Å²) in [6.07, 6.45) is 0. The molecule has 0 saturated carbocycles. The number of hydrogen-bond donors (Lipinski definition) is 3. The van der Waals surface area contributed by atoms with Gasteiger partial charge in [0.15, 0.2) is 0 Å². The second-order valence-corrected chi connectivity index (χ2v) is 5.30. The van der Waals surface area contributed by atoms with E-state index in [1.807, 2.05) is 6.92 Å².